The summed E-state index contributed by atoms with van der Waals surface area (Å²) in [6.07, 6.45) is 5.35. The van der Waals surface area contributed by atoms with Gasteiger partial charge in [0.2, 0.25) is 11.8 Å². The number of aromatic nitrogens is 1. The predicted molar refractivity (Wildman–Crippen MR) is 206 cm³/mol. The Hall–Kier alpha value is -4.33. The van der Waals surface area contributed by atoms with Crippen molar-refractivity contribution in [3.8, 4) is 5.75 Å². The Kier molecular flexibility index (Phi) is 12.7. The van der Waals surface area contributed by atoms with Crippen LogP contribution in [0.5, 0.6) is 5.75 Å². The number of nitrogens with zero attached hydrogens (tertiary/aromatic N) is 5. The van der Waals surface area contributed by atoms with Gasteiger partial charge in [-0.3, -0.25) is 9.59 Å². The van der Waals surface area contributed by atoms with Crippen LogP contribution in [0.4, 0.5) is 14.7 Å². The van der Waals surface area contributed by atoms with Crippen LogP contribution < -0.4 is 15.8 Å². The molecule has 1 aromatic heterocycles. The number of ether oxygens (including phenoxy) is 1. The fourth-order valence-electron chi connectivity index (χ4n) is 6.34. The minimum absolute atomic E-state index is 0.173. The molecule has 278 valence electrons. The molecule has 0 saturated carbocycles. The third-order valence-electron chi connectivity index (χ3n) is 9.06. The Morgan fingerprint density at radius 2 is 1.85 bits per heavy atom. The summed E-state index contributed by atoms with van der Waals surface area (Å²) >= 11 is 13.9. The van der Waals surface area contributed by atoms with Crippen molar-refractivity contribution in [2.75, 3.05) is 39.5 Å². The van der Waals surface area contributed by atoms with E-state index in [1.165, 1.54) is 16.2 Å². The summed E-state index contributed by atoms with van der Waals surface area (Å²) in [6.45, 7) is 6.48. The molecule has 15 heteroatoms. The second-order valence-corrected chi connectivity index (χ2v) is 15.4. The van der Waals surface area contributed by atoms with E-state index >= 15 is 0 Å². The smallest absolute Gasteiger partial charge is 0.410 e. The highest BCUT2D eigenvalue weighted by Crippen LogP contribution is 2.30. The highest BCUT2D eigenvalue weighted by molar-refractivity contribution is 7.22. The van der Waals surface area contributed by atoms with Crippen LogP contribution >= 0.6 is 34.5 Å². The second kappa shape index (κ2) is 17.0. The molecule has 52 heavy (non-hydrogen) atoms. The summed E-state index contributed by atoms with van der Waals surface area (Å²) in [7, 11) is 3.19. The number of hydrogen-bond donors (Lipinski definition) is 2. The molecule has 0 spiro atoms. The Labute approximate surface area is 318 Å². The van der Waals surface area contributed by atoms with E-state index in [1.807, 2.05) is 44.2 Å². The maximum absolute atomic E-state index is 14.5. The standard InChI is InChI=1S/C37H45Cl2N7O5S/c1-6-32(47)46-26(21-45(22(2)3)36(49)41-18-24-12-15-28(38)29(39)16-24)20-44(19-25-8-7-9-31-33(25)42-35(40)52-31)34(48)30(46)17-23-10-13-27(14-11-23)51-37(50)43(4)5/h7-16,22,26,28-30H,6,17-21H2,1-5H3,(H2,40,42)(H,41,49)/t26-,28?,29?,30+/m1/s1. The second-order valence-electron chi connectivity index (χ2n) is 13.4. The van der Waals surface area contributed by atoms with Crippen molar-refractivity contribution in [3.05, 3.63) is 77.4 Å². The zero-order valence-electron chi connectivity index (χ0n) is 29.9. The number of rotatable bonds is 11. The van der Waals surface area contributed by atoms with Crippen LogP contribution in [-0.4, -0.2) is 111 Å². The number of fused-ring (bicyclic) bond motifs is 1. The number of carbonyl (C=O) groups is 4. The van der Waals surface area contributed by atoms with E-state index < -0.39 is 18.2 Å². The maximum atomic E-state index is 14.5. The van der Waals surface area contributed by atoms with Crippen molar-refractivity contribution in [2.24, 2.45) is 0 Å². The lowest BCUT2D eigenvalue weighted by Gasteiger charge is -2.48. The van der Waals surface area contributed by atoms with Gasteiger partial charge < -0.3 is 35.4 Å². The van der Waals surface area contributed by atoms with E-state index in [1.54, 1.807) is 66.1 Å². The van der Waals surface area contributed by atoms with Gasteiger partial charge >= 0.3 is 12.1 Å². The van der Waals surface area contributed by atoms with Crippen molar-refractivity contribution in [2.45, 2.75) is 69.0 Å². The molecule has 3 N–H and O–H groups in total. The molecule has 1 saturated heterocycles. The molecule has 2 aromatic carbocycles. The highest BCUT2D eigenvalue weighted by Gasteiger charge is 2.44. The lowest BCUT2D eigenvalue weighted by Crippen LogP contribution is -2.67. The van der Waals surface area contributed by atoms with E-state index in [2.05, 4.69) is 10.3 Å². The molecule has 4 atom stereocenters. The normalized spacial score (nSPS) is 20.2. The topological polar surface area (TPSA) is 141 Å². The van der Waals surface area contributed by atoms with E-state index in [9.17, 15) is 19.2 Å². The lowest BCUT2D eigenvalue weighted by atomic mass is 9.96. The van der Waals surface area contributed by atoms with Gasteiger partial charge in [0, 0.05) is 59.2 Å². The Balaban J connectivity index is 1.45. The van der Waals surface area contributed by atoms with Crippen molar-refractivity contribution in [1.29, 1.82) is 0 Å². The van der Waals surface area contributed by atoms with Crippen LogP contribution in [0, 0.1) is 0 Å². The molecule has 2 unspecified atom stereocenters. The van der Waals surface area contributed by atoms with E-state index in [4.69, 9.17) is 33.7 Å². The minimum Gasteiger partial charge on any atom is -0.410 e. The highest BCUT2D eigenvalue weighted by atomic mass is 35.5. The molecule has 0 bridgehead atoms. The number of anilines is 1. The SMILES string of the molecule is CCC(=O)N1[C@@H](CN(C(=O)NCC2=CC(Cl)C(Cl)C=C2)C(C)C)CN(Cc2cccc3sc(N)nc23)C(=O)[C@@H]1Cc1ccc(OC(=O)N(C)C)cc1. The number of piperazine rings is 1. The van der Waals surface area contributed by atoms with Gasteiger partial charge in [-0.1, -0.05) is 60.8 Å². The molecule has 3 aromatic rings. The van der Waals surface area contributed by atoms with Crippen molar-refractivity contribution in [1.82, 2.24) is 29.9 Å². The number of halogens is 2. The lowest BCUT2D eigenvalue weighted by molar-refractivity contribution is -0.157. The van der Waals surface area contributed by atoms with Crippen LogP contribution in [0.25, 0.3) is 10.2 Å². The third-order valence-corrected chi connectivity index (χ3v) is 10.9. The molecule has 1 aliphatic carbocycles. The Morgan fingerprint density at radius 3 is 2.50 bits per heavy atom. The number of nitrogens with one attached hydrogen (secondary N) is 1. The van der Waals surface area contributed by atoms with E-state index in [-0.39, 0.29) is 73.7 Å². The summed E-state index contributed by atoms with van der Waals surface area (Å²) in [4.78, 5) is 65.2. The first-order valence-electron chi connectivity index (χ1n) is 17.2. The largest absolute Gasteiger partial charge is 0.414 e. The van der Waals surface area contributed by atoms with Crippen LogP contribution in [0.1, 0.15) is 38.3 Å². The quantitative estimate of drug-likeness (QED) is 0.241. The Bertz CT molecular complexity index is 1850. The first-order chi connectivity index (χ1) is 24.7. The number of nitrogen functional groups attached to an aromatic ring is 1. The predicted octanol–water partition coefficient (Wildman–Crippen LogP) is 5.63. The first kappa shape index (κ1) is 38.9. The molecule has 0 radical (unpaired) electrons. The van der Waals surface area contributed by atoms with Gasteiger partial charge in [-0.15, -0.1) is 23.2 Å². The van der Waals surface area contributed by atoms with Gasteiger partial charge in [-0.05, 0) is 48.7 Å². The number of alkyl halides is 2. The zero-order chi connectivity index (χ0) is 37.7. The van der Waals surface area contributed by atoms with Gasteiger partial charge in [-0.2, -0.15) is 0 Å². The number of thiazole rings is 1. The Morgan fingerprint density at radius 1 is 1.12 bits per heavy atom. The van der Waals surface area contributed by atoms with Crippen LogP contribution in [0.15, 0.2) is 66.3 Å². The van der Waals surface area contributed by atoms with Crippen LogP contribution in [0.3, 0.4) is 0 Å². The average Bonchev–Trinajstić information content (AvgIpc) is 3.50. The van der Waals surface area contributed by atoms with Crippen molar-refractivity contribution < 1.29 is 23.9 Å². The molecule has 2 heterocycles. The maximum Gasteiger partial charge on any atom is 0.414 e. The summed E-state index contributed by atoms with van der Waals surface area (Å²) in [5, 5.41) is 2.73. The number of benzene rings is 2. The number of urea groups is 1. The summed E-state index contributed by atoms with van der Waals surface area (Å²) in [5.74, 6) is -0.0541. The molecule has 2 aliphatic rings. The molecule has 5 amide bonds. The average molecular weight is 771 g/mol. The van der Waals surface area contributed by atoms with Crippen molar-refractivity contribution >= 4 is 73.8 Å². The number of hydrogen-bond acceptors (Lipinski definition) is 8. The van der Waals surface area contributed by atoms with E-state index in [0.717, 1.165) is 26.9 Å². The number of amides is 5. The first-order valence-corrected chi connectivity index (χ1v) is 18.9. The fraction of sp³-hybridized carbons (Fsp3) is 0.432. The molecular formula is C37H45Cl2N7O5S. The van der Waals surface area contributed by atoms with Gasteiger partial charge in [-0.25, -0.2) is 14.6 Å². The molecular weight excluding hydrogens is 725 g/mol. The van der Waals surface area contributed by atoms with Crippen LogP contribution in [-0.2, 0) is 22.6 Å². The molecule has 1 fully saturated rings. The van der Waals surface area contributed by atoms with Crippen LogP contribution in [0.2, 0.25) is 0 Å². The fourth-order valence-corrected chi connectivity index (χ4v) is 7.51. The van der Waals surface area contributed by atoms with Gasteiger partial charge in [0.25, 0.3) is 0 Å². The van der Waals surface area contributed by atoms with Crippen molar-refractivity contribution in [3.63, 3.8) is 0 Å². The van der Waals surface area contributed by atoms with Gasteiger partial charge in [0.05, 0.1) is 27.0 Å². The number of carbonyl (C=O) groups excluding carboxylic acids is 4. The molecule has 1 aliphatic heterocycles. The summed E-state index contributed by atoms with van der Waals surface area (Å²) < 4.78 is 6.30. The third kappa shape index (κ3) is 9.17. The molecule has 5 rings (SSSR count). The number of allylic oxidation sites excluding steroid dienone is 2. The summed E-state index contributed by atoms with van der Waals surface area (Å²) in [6, 6.07) is 10.8. The van der Waals surface area contributed by atoms with Gasteiger partial charge in [0.15, 0.2) is 5.13 Å². The van der Waals surface area contributed by atoms with E-state index in [0.29, 0.717) is 10.9 Å². The monoisotopic (exact) mass is 769 g/mol. The van der Waals surface area contributed by atoms with Gasteiger partial charge in [0.1, 0.15) is 11.8 Å². The zero-order valence-corrected chi connectivity index (χ0v) is 32.3. The number of para-hydroxylation sites is 1. The number of nitrogens with two attached hydrogens (primary N) is 1. The molecule has 12 nitrogen and oxygen atoms in total. The summed E-state index contributed by atoms with van der Waals surface area (Å²) in [5.41, 5.74) is 9.23. The minimum atomic E-state index is -0.861.